The number of nitrogens with zero attached hydrogens (tertiary/aromatic N) is 1. The largest absolute Gasteiger partial charge is 0.301 e. The summed E-state index contributed by atoms with van der Waals surface area (Å²) in [4.78, 5) is 30.0. The van der Waals surface area contributed by atoms with E-state index in [2.05, 4.69) is 9.97 Å². The standard InChI is InChI=1S/C13H11ClN2O2S/c1-8-6-12(18)16-13(15-8)19-7-11(17)9-4-2-3-5-10(9)14/h2-6H,7H2,1H3,(H,15,16,18). The third-order valence-electron chi connectivity index (χ3n) is 2.36. The van der Waals surface area contributed by atoms with Gasteiger partial charge in [-0.15, -0.1) is 0 Å². The SMILES string of the molecule is Cc1cc(=O)[nH]c(SCC(=O)c2ccccc2Cl)n1. The lowest BCUT2D eigenvalue weighted by Gasteiger charge is -2.03. The van der Waals surface area contributed by atoms with Crippen molar-refractivity contribution < 1.29 is 4.79 Å². The summed E-state index contributed by atoms with van der Waals surface area (Å²) in [5, 5.41) is 0.865. The minimum Gasteiger partial charge on any atom is -0.301 e. The number of halogens is 1. The van der Waals surface area contributed by atoms with E-state index in [1.807, 2.05) is 0 Å². The first-order chi connectivity index (χ1) is 9.06. The summed E-state index contributed by atoms with van der Waals surface area (Å²) >= 11 is 7.13. The monoisotopic (exact) mass is 294 g/mol. The molecular formula is C13H11ClN2O2S. The van der Waals surface area contributed by atoms with Crippen LogP contribution in [0, 0.1) is 6.92 Å². The average Bonchev–Trinajstić information content (AvgIpc) is 2.35. The molecule has 0 fully saturated rings. The minimum absolute atomic E-state index is 0.0974. The van der Waals surface area contributed by atoms with Crippen LogP contribution in [-0.4, -0.2) is 21.5 Å². The number of ketones is 1. The van der Waals surface area contributed by atoms with Gasteiger partial charge in [0.25, 0.3) is 5.56 Å². The Hall–Kier alpha value is -1.59. The van der Waals surface area contributed by atoms with E-state index >= 15 is 0 Å². The average molecular weight is 295 g/mol. The number of aromatic nitrogens is 2. The molecule has 0 atom stereocenters. The van der Waals surface area contributed by atoms with Crippen molar-refractivity contribution in [1.29, 1.82) is 0 Å². The number of hydrogen-bond donors (Lipinski definition) is 1. The van der Waals surface area contributed by atoms with Crippen LogP contribution in [0.15, 0.2) is 40.3 Å². The van der Waals surface area contributed by atoms with Crippen LogP contribution in [0.3, 0.4) is 0 Å². The molecular weight excluding hydrogens is 284 g/mol. The van der Waals surface area contributed by atoms with Crippen molar-refractivity contribution in [3.8, 4) is 0 Å². The molecule has 0 saturated carbocycles. The summed E-state index contributed by atoms with van der Waals surface area (Å²) in [7, 11) is 0. The Morgan fingerprint density at radius 3 is 2.84 bits per heavy atom. The topological polar surface area (TPSA) is 62.8 Å². The molecule has 1 N–H and O–H groups in total. The molecule has 2 aromatic rings. The summed E-state index contributed by atoms with van der Waals surface area (Å²) in [5.74, 6) is 0.0793. The molecule has 0 spiro atoms. The lowest BCUT2D eigenvalue weighted by molar-refractivity contribution is 0.102. The van der Waals surface area contributed by atoms with Gasteiger partial charge in [-0.25, -0.2) is 4.98 Å². The van der Waals surface area contributed by atoms with Gasteiger partial charge in [0, 0.05) is 17.3 Å². The Labute approximate surface area is 119 Å². The Morgan fingerprint density at radius 1 is 1.42 bits per heavy atom. The number of benzene rings is 1. The Kier molecular flexibility index (Phi) is 4.39. The van der Waals surface area contributed by atoms with Gasteiger partial charge in [-0.3, -0.25) is 9.59 Å². The number of Topliss-reactive ketones (excluding diaryl/α,β-unsaturated/α-hetero) is 1. The summed E-state index contributed by atoms with van der Waals surface area (Å²) < 4.78 is 0. The molecule has 1 aromatic carbocycles. The molecule has 0 saturated heterocycles. The zero-order chi connectivity index (χ0) is 13.8. The summed E-state index contributed by atoms with van der Waals surface area (Å²) in [5.41, 5.74) is 0.878. The maximum atomic E-state index is 12.0. The molecule has 1 heterocycles. The van der Waals surface area contributed by atoms with Gasteiger partial charge in [-0.05, 0) is 19.1 Å². The van der Waals surface area contributed by atoms with Crippen LogP contribution in [0.25, 0.3) is 0 Å². The lowest BCUT2D eigenvalue weighted by atomic mass is 10.1. The van der Waals surface area contributed by atoms with Gasteiger partial charge < -0.3 is 4.98 Å². The predicted octanol–water partition coefficient (Wildman–Crippen LogP) is 2.71. The Balaban J connectivity index is 2.09. The molecule has 2 rings (SSSR count). The fraction of sp³-hybridized carbons (Fsp3) is 0.154. The summed E-state index contributed by atoms with van der Waals surface area (Å²) in [6.07, 6.45) is 0. The van der Waals surface area contributed by atoms with Crippen LogP contribution < -0.4 is 5.56 Å². The van der Waals surface area contributed by atoms with E-state index < -0.39 is 0 Å². The third kappa shape index (κ3) is 3.68. The highest BCUT2D eigenvalue weighted by Crippen LogP contribution is 2.19. The highest BCUT2D eigenvalue weighted by atomic mass is 35.5. The van der Waals surface area contributed by atoms with Crippen LogP contribution in [0.2, 0.25) is 5.02 Å². The predicted molar refractivity (Wildman–Crippen MR) is 76.1 cm³/mol. The highest BCUT2D eigenvalue weighted by molar-refractivity contribution is 7.99. The van der Waals surface area contributed by atoms with E-state index in [1.165, 1.54) is 17.8 Å². The second-order valence-corrected chi connectivity index (χ2v) is 5.25. The smallest absolute Gasteiger partial charge is 0.251 e. The molecule has 0 radical (unpaired) electrons. The Morgan fingerprint density at radius 2 is 2.16 bits per heavy atom. The van der Waals surface area contributed by atoms with Crippen molar-refractivity contribution in [3.05, 3.63) is 57.0 Å². The van der Waals surface area contributed by atoms with Crippen LogP contribution in [0.4, 0.5) is 0 Å². The zero-order valence-corrected chi connectivity index (χ0v) is 11.7. The quantitative estimate of drug-likeness (QED) is 0.535. The molecule has 1 aromatic heterocycles. The van der Waals surface area contributed by atoms with E-state index in [9.17, 15) is 9.59 Å². The molecule has 0 aliphatic carbocycles. The van der Waals surface area contributed by atoms with Gasteiger partial charge in [-0.1, -0.05) is 35.5 Å². The number of carbonyl (C=O) groups excluding carboxylic acids is 1. The van der Waals surface area contributed by atoms with Gasteiger partial charge in [0.15, 0.2) is 10.9 Å². The number of hydrogen-bond acceptors (Lipinski definition) is 4. The number of aromatic amines is 1. The summed E-state index contributed by atoms with van der Waals surface area (Å²) in [6, 6.07) is 8.28. The fourth-order valence-corrected chi connectivity index (χ4v) is 2.56. The van der Waals surface area contributed by atoms with Gasteiger partial charge in [0.05, 0.1) is 10.8 Å². The Bertz CT molecular complexity index is 670. The molecule has 0 unspecified atom stereocenters. The van der Waals surface area contributed by atoms with Crippen molar-refractivity contribution in [1.82, 2.24) is 9.97 Å². The first-order valence-corrected chi connectivity index (χ1v) is 6.91. The van der Waals surface area contributed by atoms with E-state index in [0.717, 1.165) is 0 Å². The van der Waals surface area contributed by atoms with Gasteiger partial charge in [-0.2, -0.15) is 0 Å². The van der Waals surface area contributed by atoms with Gasteiger partial charge in [0.2, 0.25) is 0 Å². The molecule has 4 nitrogen and oxygen atoms in total. The molecule has 0 aliphatic rings. The van der Waals surface area contributed by atoms with E-state index in [-0.39, 0.29) is 17.1 Å². The van der Waals surface area contributed by atoms with Gasteiger partial charge in [0.1, 0.15) is 0 Å². The van der Waals surface area contributed by atoms with E-state index in [4.69, 9.17) is 11.6 Å². The third-order valence-corrected chi connectivity index (χ3v) is 3.57. The highest BCUT2D eigenvalue weighted by Gasteiger charge is 2.11. The number of H-pyrrole nitrogens is 1. The van der Waals surface area contributed by atoms with Crippen molar-refractivity contribution in [2.75, 3.05) is 5.75 Å². The van der Waals surface area contributed by atoms with Crippen LogP contribution in [0.1, 0.15) is 16.1 Å². The summed E-state index contributed by atoms with van der Waals surface area (Å²) in [6.45, 7) is 1.73. The van der Waals surface area contributed by atoms with Crippen molar-refractivity contribution >= 4 is 29.1 Å². The minimum atomic E-state index is -0.222. The maximum absolute atomic E-state index is 12.0. The van der Waals surface area contributed by atoms with Crippen molar-refractivity contribution in [2.24, 2.45) is 0 Å². The number of thioether (sulfide) groups is 1. The molecule has 0 aliphatic heterocycles. The molecule has 0 bridgehead atoms. The molecule has 19 heavy (non-hydrogen) atoms. The maximum Gasteiger partial charge on any atom is 0.251 e. The zero-order valence-electron chi connectivity index (χ0n) is 10.1. The van der Waals surface area contributed by atoms with Gasteiger partial charge >= 0.3 is 0 Å². The second-order valence-electron chi connectivity index (χ2n) is 3.88. The van der Waals surface area contributed by atoms with E-state index in [0.29, 0.717) is 21.4 Å². The number of carbonyl (C=O) groups is 1. The van der Waals surface area contributed by atoms with Crippen LogP contribution in [0.5, 0.6) is 0 Å². The normalized spacial score (nSPS) is 10.4. The number of aryl methyl sites for hydroxylation is 1. The first kappa shape index (κ1) is 13.8. The first-order valence-electron chi connectivity index (χ1n) is 5.55. The van der Waals surface area contributed by atoms with E-state index in [1.54, 1.807) is 31.2 Å². The number of nitrogens with one attached hydrogen (secondary N) is 1. The van der Waals surface area contributed by atoms with Crippen molar-refractivity contribution in [3.63, 3.8) is 0 Å². The molecule has 98 valence electrons. The van der Waals surface area contributed by atoms with Crippen LogP contribution in [-0.2, 0) is 0 Å². The molecule has 0 amide bonds. The number of rotatable bonds is 4. The molecule has 6 heteroatoms. The van der Waals surface area contributed by atoms with Crippen molar-refractivity contribution in [2.45, 2.75) is 12.1 Å². The second kappa shape index (κ2) is 6.04. The van der Waals surface area contributed by atoms with Crippen LogP contribution >= 0.6 is 23.4 Å². The fourth-order valence-electron chi connectivity index (χ4n) is 1.52. The lowest BCUT2D eigenvalue weighted by Crippen LogP contribution is -2.10.